The maximum absolute atomic E-state index is 12.6. The van der Waals surface area contributed by atoms with Crippen LogP contribution in [0.5, 0.6) is 0 Å². The third-order valence-corrected chi connectivity index (χ3v) is 4.32. The first-order valence-electron chi connectivity index (χ1n) is 7.38. The summed E-state index contributed by atoms with van der Waals surface area (Å²) in [5.74, 6) is 0.295. The molecule has 110 valence electrons. The summed E-state index contributed by atoms with van der Waals surface area (Å²) >= 11 is 0. The van der Waals surface area contributed by atoms with Crippen LogP contribution in [-0.2, 0) is 11.3 Å². The molecule has 1 heterocycles. The van der Waals surface area contributed by atoms with Crippen LogP contribution in [0.15, 0.2) is 24.3 Å². The van der Waals surface area contributed by atoms with E-state index in [9.17, 15) is 4.79 Å². The first-order valence-corrected chi connectivity index (χ1v) is 7.38. The average Bonchev–Trinajstić information content (AvgIpc) is 2.65. The van der Waals surface area contributed by atoms with Crippen molar-refractivity contribution >= 4 is 11.6 Å². The van der Waals surface area contributed by atoms with Gasteiger partial charge in [0, 0.05) is 32.4 Å². The van der Waals surface area contributed by atoms with Crippen molar-refractivity contribution in [1.29, 1.82) is 0 Å². The molecule has 1 aromatic carbocycles. The standard InChI is InChI=1S/C16H25N3O/c1-4-12(2)15(17)16(20)19-10-9-18(3)14-8-6-5-7-13(14)11-19/h5-8,12,15H,4,9-11,17H2,1-3H3. The highest BCUT2D eigenvalue weighted by molar-refractivity contribution is 5.82. The predicted octanol–water partition coefficient (Wildman–Crippen LogP) is 1.84. The summed E-state index contributed by atoms with van der Waals surface area (Å²) in [5.41, 5.74) is 8.50. The molecule has 0 aliphatic carbocycles. The molecule has 1 aliphatic rings. The van der Waals surface area contributed by atoms with Crippen LogP contribution in [0.2, 0.25) is 0 Å². The van der Waals surface area contributed by atoms with Crippen molar-refractivity contribution in [3.05, 3.63) is 29.8 Å². The molecule has 2 rings (SSSR count). The number of anilines is 1. The smallest absolute Gasteiger partial charge is 0.240 e. The Kier molecular flexibility index (Phi) is 4.65. The van der Waals surface area contributed by atoms with E-state index in [1.165, 1.54) is 11.3 Å². The van der Waals surface area contributed by atoms with Crippen molar-refractivity contribution in [3.63, 3.8) is 0 Å². The van der Waals surface area contributed by atoms with Gasteiger partial charge in [0.05, 0.1) is 6.04 Å². The van der Waals surface area contributed by atoms with Gasteiger partial charge in [0.1, 0.15) is 0 Å². The summed E-state index contributed by atoms with van der Waals surface area (Å²) in [5, 5.41) is 0. The molecule has 0 bridgehead atoms. The van der Waals surface area contributed by atoms with Crippen molar-refractivity contribution in [2.75, 3.05) is 25.0 Å². The molecule has 0 fully saturated rings. The summed E-state index contributed by atoms with van der Waals surface area (Å²) in [6, 6.07) is 7.87. The molecule has 0 spiro atoms. The van der Waals surface area contributed by atoms with Gasteiger partial charge in [-0.05, 0) is 17.5 Å². The van der Waals surface area contributed by atoms with E-state index < -0.39 is 6.04 Å². The van der Waals surface area contributed by atoms with E-state index in [0.29, 0.717) is 6.54 Å². The molecule has 2 N–H and O–H groups in total. The van der Waals surface area contributed by atoms with Gasteiger partial charge in [-0.1, -0.05) is 38.5 Å². The average molecular weight is 275 g/mol. The zero-order valence-corrected chi connectivity index (χ0v) is 12.7. The number of hydrogen-bond donors (Lipinski definition) is 1. The maximum atomic E-state index is 12.6. The molecule has 4 nitrogen and oxygen atoms in total. The Morgan fingerprint density at radius 1 is 1.35 bits per heavy atom. The zero-order chi connectivity index (χ0) is 14.7. The van der Waals surface area contributed by atoms with E-state index in [-0.39, 0.29) is 11.8 Å². The fraction of sp³-hybridized carbons (Fsp3) is 0.562. The lowest BCUT2D eigenvalue weighted by molar-refractivity contribution is -0.134. The van der Waals surface area contributed by atoms with Crippen molar-refractivity contribution in [2.24, 2.45) is 11.7 Å². The summed E-state index contributed by atoms with van der Waals surface area (Å²) in [6.07, 6.45) is 0.928. The Morgan fingerprint density at radius 3 is 2.75 bits per heavy atom. The molecule has 1 amide bonds. The Hall–Kier alpha value is -1.55. The largest absolute Gasteiger partial charge is 0.373 e. The molecule has 0 saturated heterocycles. The molecule has 4 heteroatoms. The number of para-hydroxylation sites is 1. The van der Waals surface area contributed by atoms with E-state index in [0.717, 1.165) is 19.5 Å². The number of fused-ring (bicyclic) bond motifs is 1. The Labute approximate surface area is 121 Å². The van der Waals surface area contributed by atoms with Gasteiger partial charge < -0.3 is 15.5 Å². The number of hydrogen-bond acceptors (Lipinski definition) is 3. The van der Waals surface area contributed by atoms with Gasteiger partial charge in [0.2, 0.25) is 5.91 Å². The lowest BCUT2D eigenvalue weighted by Gasteiger charge is -2.27. The van der Waals surface area contributed by atoms with E-state index in [1.807, 2.05) is 24.0 Å². The number of rotatable bonds is 3. The van der Waals surface area contributed by atoms with E-state index >= 15 is 0 Å². The van der Waals surface area contributed by atoms with Crippen molar-refractivity contribution in [1.82, 2.24) is 4.90 Å². The first kappa shape index (κ1) is 14.9. The lowest BCUT2D eigenvalue weighted by atomic mass is 9.98. The minimum Gasteiger partial charge on any atom is -0.373 e. The predicted molar refractivity (Wildman–Crippen MR) is 82.6 cm³/mol. The number of benzene rings is 1. The zero-order valence-electron chi connectivity index (χ0n) is 12.7. The second kappa shape index (κ2) is 6.27. The molecular formula is C16H25N3O. The summed E-state index contributed by atoms with van der Waals surface area (Å²) in [7, 11) is 2.07. The molecule has 0 radical (unpaired) electrons. The first-order chi connectivity index (χ1) is 9.54. The van der Waals surface area contributed by atoms with E-state index in [1.54, 1.807) is 0 Å². The number of nitrogens with two attached hydrogens (primary N) is 1. The van der Waals surface area contributed by atoms with E-state index in [2.05, 4.69) is 31.0 Å². The van der Waals surface area contributed by atoms with Crippen molar-refractivity contribution < 1.29 is 4.79 Å². The molecule has 0 aromatic heterocycles. The van der Waals surface area contributed by atoms with E-state index in [4.69, 9.17) is 5.73 Å². The van der Waals surface area contributed by atoms with Gasteiger partial charge in [0.15, 0.2) is 0 Å². The van der Waals surface area contributed by atoms with Gasteiger partial charge in [-0.25, -0.2) is 0 Å². The molecule has 20 heavy (non-hydrogen) atoms. The quantitative estimate of drug-likeness (QED) is 0.915. The van der Waals surface area contributed by atoms with Crippen LogP contribution in [0.25, 0.3) is 0 Å². The van der Waals surface area contributed by atoms with Crippen molar-refractivity contribution in [2.45, 2.75) is 32.9 Å². The summed E-state index contributed by atoms with van der Waals surface area (Å²) < 4.78 is 0. The summed E-state index contributed by atoms with van der Waals surface area (Å²) in [6.45, 7) is 6.34. The maximum Gasteiger partial charge on any atom is 0.240 e. The highest BCUT2D eigenvalue weighted by Gasteiger charge is 2.27. The normalized spacial score (nSPS) is 18.2. The van der Waals surface area contributed by atoms with Crippen LogP contribution in [0, 0.1) is 5.92 Å². The molecule has 2 atom stereocenters. The summed E-state index contributed by atoms with van der Waals surface area (Å²) in [4.78, 5) is 16.7. The van der Waals surface area contributed by atoms with Gasteiger partial charge in [0.25, 0.3) is 0 Å². The Balaban J connectivity index is 2.18. The minimum absolute atomic E-state index is 0.0736. The SMILES string of the molecule is CCC(C)C(N)C(=O)N1CCN(C)c2ccccc2C1. The second-order valence-corrected chi connectivity index (χ2v) is 5.72. The Bertz CT molecular complexity index is 475. The monoisotopic (exact) mass is 275 g/mol. The fourth-order valence-electron chi connectivity index (χ4n) is 2.59. The molecule has 2 unspecified atom stereocenters. The van der Waals surface area contributed by atoms with Gasteiger partial charge in [-0.15, -0.1) is 0 Å². The Morgan fingerprint density at radius 2 is 2.05 bits per heavy atom. The second-order valence-electron chi connectivity index (χ2n) is 5.72. The van der Waals surface area contributed by atoms with Crippen LogP contribution < -0.4 is 10.6 Å². The van der Waals surface area contributed by atoms with Crippen LogP contribution in [-0.4, -0.2) is 37.0 Å². The van der Waals surface area contributed by atoms with Gasteiger partial charge >= 0.3 is 0 Å². The highest BCUT2D eigenvalue weighted by atomic mass is 16.2. The minimum atomic E-state index is -0.393. The van der Waals surface area contributed by atoms with Crippen LogP contribution in [0.4, 0.5) is 5.69 Å². The fourth-order valence-corrected chi connectivity index (χ4v) is 2.59. The number of amides is 1. The van der Waals surface area contributed by atoms with Gasteiger partial charge in [-0.3, -0.25) is 4.79 Å². The number of carbonyl (C=O) groups is 1. The third-order valence-electron chi connectivity index (χ3n) is 4.32. The molecule has 1 aromatic rings. The number of nitrogens with zero attached hydrogens (tertiary/aromatic N) is 2. The number of likely N-dealkylation sites (N-methyl/N-ethyl adjacent to an activating group) is 1. The van der Waals surface area contributed by atoms with Crippen LogP contribution in [0.3, 0.4) is 0 Å². The van der Waals surface area contributed by atoms with Crippen LogP contribution >= 0.6 is 0 Å². The topological polar surface area (TPSA) is 49.6 Å². The van der Waals surface area contributed by atoms with Gasteiger partial charge in [-0.2, -0.15) is 0 Å². The van der Waals surface area contributed by atoms with Crippen molar-refractivity contribution in [3.8, 4) is 0 Å². The molecule has 0 saturated carbocycles. The number of carbonyl (C=O) groups excluding carboxylic acids is 1. The molecule has 1 aliphatic heterocycles. The highest BCUT2D eigenvalue weighted by Crippen LogP contribution is 2.24. The lowest BCUT2D eigenvalue weighted by Crippen LogP contribution is -2.47. The molecular weight excluding hydrogens is 250 g/mol. The van der Waals surface area contributed by atoms with Crippen LogP contribution in [0.1, 0.15) is 25.8 Å². The third kappa shape index (κ3) is 2.96.